The van der Waals surface area contributed by atoms with E-state index in [0.717, 1.165) is 31.2 Å². The van der Waals surface area contributed by atoms with E-state index in [2.05, 4.69) is 5.32 Å². The molecule has 0 aliphatic heterocycles. The second kappa shape index (κ2) is 7.13. The van der Waals surface area contributed by atoms with Gasteiger partial charge >= 0.3 is 5.97 Å². The summed E-state index contributed by atoms with van der Waals surface area (Å²) in [5.74, 6) is -1.58. The highest BCUT2D eigenvalue weighted by atomic mass is 32.1. The molecule has 1 aromatic heterocycles. The van der Waals surface area contributed by atoms with Crippen LogP contribution in [0, 0.1) is 5.82 Å². The number of fused-ring (bicyclic) bond motifs is 1. The second-order valence-corrected chi connectivity index (χ2v) is 6.74. The molecule has 3 rings (SSSR count). The van der Waals surface area contributed by atoms with Crippen molar-refractivity contribution in [2.45, 2.75) is 38.7 Å². The first-order valence-electron chi connectivity index (χ1n) is 7.92. The van der Waals surface area contributed by atoms with Crippen molar-refractivity contribution in [3.8, 4) is 0 Å². The number of para-hydroxylation sites is 1. The molecule has 0 bridgehead atoms. The number of rotatable bonds is 4. The number of thiophene rings is 1. The van der Waals surface area contributed by atoms with Crippen molar-refractivity contribution >= 4 is 28.9 Å². The van der Waals surface area contributed by atoms with E-state index in [1.165, 1.54) is 30.0 Å². The Morgan fingerprint density at radius 3 is 2.79 bits per heavy atom. The SMILES string of the molecule is C[C@H](OC(=O)c1csc2c1CCCC2)C(=O)Nc1ccccc1F. The molecule has 126 valence electrons. The van der Waals surface area contributed by atoms with Gasteiger partial charge in [0.05, 0.1) is 11.3 Å². The monoisotopic (exact) mass is 347 g/mol. The van der Waals surface area contributed by atoms with Gasteiger partial charge in [-0.3, -0.25) is 4.79 Å². The van der Waals surface area contributed by atoms with Crippen LogP contribution in [0.1, 0.15) is 40.6 Å². The summed E-state index contributed by atoms with van der Waals surface area (Å²) in [6.45, 7) is 1.48. The van der Waals surface area contributed by atoms with Crippen LogP contribution in [0.2, 0.25) is 0 Å². The van der Waals surface area contributed by atoms with Crippen LogP contribution in [0.25, 0.3) is 0 Å². The third-order valence-corrected chi connectivity index (χ3v) is 5.15. The Morgan fingerprint density at radius 1 is 1.25 bits per heavy atom. The molecule has 6 heteroatoms. The minimum absolute atomic E-state index is 0.0679. The van der Waals surface area contributed by atoms with Crippen LogP contribution < -0.4 is 5.32 Å². The minimum Gasteiger partial charge on any atom is -0.449 e. The predicted octanol–water partition coefficient (Wildman–Crippen LogP) is 3.95. The third kappa shape index (κ3) is 3.48. The van der Waals surface area contributed by atoms with Crippen molar-refractivity contribution in [2.24, 2.45) is 0 Å². The third-order valence-electron chi connectivity index (χ3n) is 4.07. The standard InChI is InChI=1S/C18H18FNO3S/c1-11(17(21)20-15-8-4-3-7-14(15)19)23-18(22)13-10-24-16-9-5-2-6-12(13)16/h3-4,7-8,10-11H,2,5-6,9H2,1H3,(H,20,21)/t11-/m0/s1. The molecule has 1 heterocycles. The van der Waals surface area contributed by atoms with E-state index in [1.807, 2.05) is 0 Å². The van der Waals surface area contributed by atoms with Crippen molar-refractivity contribution < 1.29 is 18.7 Å². The van der Waals surface area contributed by atoms with Gasteiger partial charge in [-0.2, -0.15) is 0 Å². The van der Waals surface area contributed by atoms with E-state index in [9.17, 15) is 14.0 Å². The fraction of sp³-hybridized carbons (Fsp3) is 0.333. The van der Waals surface area contributed by atoms with Crippen LogP contribution >= 0.6 is 11.3 Å². The first-order chi connectivity index (χ1) is 11.6. The van der Waals surface area contributed by atoms with E-state index in [-0.39, 0.29) is 5.69 Å². The van der Waals surface area contributed by atoms with Gasteiger partial charge in [0.25, 0.3) is 5.91 Å². The Morgan fingerprint density at radius 2 is 2.00 bits per heavy atom. The number of carbonyl (C=O) groups is 2. The molecule has 1 N–H and O–H groups in total. The molecule has 2 aromatic rings. The molecule has 1 aliphatic rings. The topological polar surface area (TPSA) is 55.4 Å². The van der Waals surface area contributed by atoms with Crippen LogP contribution in [0.4, 0.5) is 10.1 Å². The summed E-state index contributed by atoms with van der Waals surface area (Å²) in [4.78, 5) is 25.7. The van der Waals surface area contributed by atoms with Crippen LogP contribution in [0.5, 0.6) is 0 Å². The lowest BCUT2D eigenvalue weighted by atomic mass is 9.96. The lowest BCUT2D eigenvalue weighted by molar-refractivity contribution is -0.123. The van der Waals surface area contributed by atoms with Crippen molar-refractivity contribution in [1.82, 2.24) is 0 Å². The molecule has 1 atom stereocenters. The summed E-state index contributed by atoms with van der Waals surface area (Å²) in [7, 11) is 0. The van der Waals surface area contributed by atoms with Gasteiger partial charge in [-0.15, -0.1) is 11.3 Å². The smallest absolute Gasteiger partial charge is 0.340 e. The van der Waals surface area contributed by atoms with E-state index in [1.54, 1.807) is 22.8 Å². The van der Waals surface area contributed by atoms with E-state index in [0.29, 0.717) is 5.56 Å². The van der Waals surface area contributed by atoms with Crippen LogP contribution in [0.15, 0.2) is 29.6 Å². The van der Waals surface area contributed by atoms with E-state index < -0.39 is 23.8 Å². The molecule has 1 aliphatic carbocycles. The molecule has 1 amide bonds. The number of aryl methyl sites for hydroxylation is 1. The zero-order valence-corrected chi connectivity index (χ0v) is 14.1. The maximum atomic E-state index is 13.6. The molecule has 0 saturated carbocycles. The lowest BCUT2D eigenvalue weighted by Crippen LogP contribution is -2.30. The summed E-state index contributed by atoms with van der Waals surface area (Å²) >= 11 is 1.57. The summed E-state index contributed by atoms with van der Waals surface area (Å²) in [5, 5.41) is 4.24. The van der Waals surface area contributed by atoms with Crippen molar-refractivity contribution in [1.29, 1.82) is 0 Å². The van der Waals surface area contributed by atoms with Gasteiger partial charge in [0.15, 0.2) is 6.10 Å². The summed E-state index contributed by atoms with van der Waals surface area (Å²) in [6, 6.07) is 5.86. The van der Waals surface area contributed by atoms with Gasteiger partial charge in [-0.25, -0.2) is 9.18 Å². The molecule has 1 aromatic carbocycles. The molecule has 0 spiro atoms. The van der Waals surface area contributed by atoms with Gasteiger partial charge in [-0.1, -0.05) is 12.1 Å². The van der Waals surface area contributed by atoms with Gasteiger partial charge < -0.3 is 10.1 Å². The second-order valence-electron chi connectivity index (χ2n) is 5.77. The summed E-state index contributed by atoms with van der Waals surface area (Å²) in [6.07, 6.45) is 3.07. The maximum absolute atomic E-state index is 13.6. The van der Waals surface area contributed by atoms with Crippen LogP contribution in [0.3, 0.4) is 0 Å². The first kappa shape index (κ1) is 16.6. The van der Waals surface area contributed by atoms with Gasteiger partial charge in [-0.05, 0) is 50.3 Å². The number of nitrogens with one attached hydrogen (secondary N) is 1. The largest absolute Gasteiger partial charge is 0.449 e. The molecule has 4 nitrogen and oxygen atoms in total. The number of hydrogen-bond donors (Lipinski definition) is 1. The van der Waals surface area contributed by atoms with Crippen molar-refractivity contribution in [3.05, 3.63) is 51.5 Å². The number of benzene rings is 1. The van der Waals surface area contributed by atoms with Gasteiger partial charge in [0.2, 0.25) is 0 Å². The Labute approximate surface area is 143 Å². The molecule has 24 heavy (non-hydrogen) atoms. The Hall–Kier alpha value is -2.21. The van der Waals surface area contributed by atoms with E-state index >= 15 is 0 Å². The Bertz CT molecular complexity index is 771. The fourth-order valence-electron chi connectivity index (χ4n) is 2.74. The molecule has 0 fully saturated rings. The number of carbonyl (C=O) groups excluding carboxylic acids is 2. The molecule has 0 saturated heterocycles. The van der Waals surface area contributed by atoms with Crippen LogP contribution in [-0.4, -0.2) is 18.0 Å². The van der Waals surface area contributed by atoms with Crippen molar-refractivity contribution in [3.63, 3.8) is 0 Å². The quantitative estimate of drug-likeness (QED) is 0.852. The summed E-state index contributed by atoms with van der Waals surface area (Å²) < 4.78 is 18.8. The lowest BCUT2D eigenvalue weighted by Gasteiger charge is -2.15. The maximum Gasteiger partial charge on any atom is 0.340 e. The predicted molar refractivity (Wildman–Crippen MR) is 90.9 cm³/mol. The first-order valence-corrected chi connectivity index (χ1v) is 8.80. The molecular formula is C18H18FNO3S. The molecule has 0 unspecified atom stereocenters. The highest BCUT2D eigenvalue weighted by molar-refractivity contribution is 7.10. The summed E-state index contributed by atoms with van der Waals surface area (Å²) in [5.41, 5.74) is 1.68. The fourth-order valence-corrected chi connectivity index (χ4v) is 3.85. The Kier molecular flexibility index (Phi) is 4.94. The van der Waals surface area contributed by atoms with E-state index in [4.69, 9.17) is 4.74 Å². The number of ether oxygens (including phenoxy) is 1. The minimum atomic E-state index is -1.00. The number of esters is 1. The highest BCUT2D eigenvalue weighted by Crippen LogP contribution is 2.30. The Balaban J connectivity index is 1.65. The highest BCUT2D eigenvalue weighted by Gasteiger charge is 2.25. The number of halogens is 1. The average molecular weight is 347 g/mol. The van der Waals surface area contributed by atoms with Crippen LogP contribution in [-0.2, 0) is 22.4 Å². The number of anilines is 1. The zero-order valence-electron chi connectivity index (χ0n) is 13.3. The normalized spacial score (nSPS) is 14.6. The number of amides is 1. The molecule has 0 radical (unpaired) electrons. The zero-order chi connectivity index (χ0) is 17.1. The average Bonchev–Trinajstić information content (AvgIpc) is 3.01. The van der Waals surface area contributed by atoms with Gasteiger partial charge in [0, 0.05) is 10.3 Å². The van der Waals surface area contributed by atoms with Gasteiger partial charge in [0.1, 0.15) is 5.82 Å². The molecular weight excluding hydrogens is 329 g/mol. The van der Waals surface area contributed by atoms with Crippen molar-refractivity contribution in [2.75, 3.05) is 5.32 Å². The number of hydrogen-bond acceptors (Lipinski definition) is 4.